The minimum absolute atomic E-state index is 0.0156. The molecular weight excluding hydrogens is 433 g/mol. The fraction of sp³-hybridized carbons (Fsp3) is 0.450. The molecule has 4 rings (SSSR count). The Balaban J connectivity index is 1.46. The van der Waals surface area contributed by atoms with E-state index in [4.69, 9.17) is 4.74 Å². The highest BCUT2D eigenvalue weighted by molar-refractivity contribution is 7.98. The Morgan fingerprint density at radius 2 is 2.00 bits per heavy atom. The number of hydrogen-bond donors (Lipinski definition) is 2. The number of halogens is 3. The lowest BCUT2D eigenvalue weighted by Gasteiger charge is -2.13. The Labute approximate surface area is 180 Å². The zero-order valence-corrected chi connectivity index (χ0v) is 17.3. The van der Waals surface area contributed by atoms with E-state index >= 15 is 0 Å². The summed E-state index contributed by atoms with van der Waals surface area (Å²) < 4.78 is 45.2. The van der Waals surface area contributed by atoms with Gasteiger partial charge in [-0.25, -0.2) is 4.68 Å². The van der Waals surface area contributed by atoms with Crippen molar-refractivity contribution in [2.24, 2.45) is 0 Å². The van der Waals surface area contributed by atoms with E-state index in [-0.39, 0.29) is 24.1 Å². The summed E-state index contributed by atoms with van der Waals surface area (Å²) in [6.07, 6.45) is -2.57. The summed E-state index contributed by atoms with van der Waals surface area (Å²) in [5.74, 6) is 0.888. The number of nitrogens with zero attached hydrogens (tertiary/aromatic N) is 2. The molecule has 0 bridgehead atoms. The zero-order chi connectivity index (χ0) is 22.0. The number of nitrogens with one attached hydrogen (secondary N) is 2. The van der Waals surface area contributed by atoms with Crippen molar-refractivity contribution < 1.29 is 27.5 Å². The van der Waals surface area contributed by atoms with Gasteiger partial charge in [0.15, 0.2) is 0 Å². The van der Waals surface area contributed by atoms with Crippen LogP contribution in [0.2, 0.25) is 0 Å². The van der Waals surface area contributed by atoms with E-state index in [1.165, 1.54) is 4.68 Å². The van der Waals surface area contributed by atoms with Crippen molar-refractivity contribution in [2.45, 2.75) is 43.2 Å². The summed E-state index contributed by atoms with van der Waals surface area (Å²) in [5, 5.41) is 10.00. The summed E-state index contributed by atoms with van der Waals surface area (Å²) in [7, 11) is 0. The van der Waals surface area contributed by atoms with Crippen LogP contribution in [-0.4, -0.2) is 40.9 Å². The number of rotatable bonds is 6. The monoisotopic (exact) mass is 454 g/mol. The van der Waals surface area contributed by atoms with Crippen LogP contribution in [-0.2, 0) is 33.8 Å². The van der Waals surface area contributed by atoms with Crippen LogP contribution in [0.15, 0.2) is 24.3 Å². The Kier molecular flexibility index (Phi) is 6.24. The van der Waals surface area contributed by atoms with E-state index in [2.05, 4.69) is 15.7 Å². The van der Waals surface area contributed by atoms with Crippen LogP contribution in [0.25, 0.3) is 0 Å². The number of amides is 2. The standard InChI is InChI=1S/C20H21F3N4O3S/c21-20(22,23)13-5-3-12(4-6-13)19(29)25-18-15-10-31-11-16(15)26-27(18)9-17(28)24-8-14-2-1-7-30-14/h3-6,14H,1-2,7-11H2,(H,24,28)(H,25,29)/t14-/m0/s1. The molecule has 0 unspecified atom stereocenters. The highest BCUT2D eigenvalue weighted by atomic mass is 32.2. The van der Waals surface area contributed by atoms with Crippen LogP contribution in [0.4, 0.5) is 19.0 Å². The third kappa shape index (κ3) is 5.04. The van der Waals surface area contributed by atoms with E-state index < -0.39 is 17.6 Å². The smallest absolute Gasteiger partial charge is 0.376 e. The number of fused-ring (bicyclic) bond motifs is 1. The lowest BCUT2D eigenvalue weighted by atomic mass is 10.1. The van der Waals surface area contributed by atoms with Crippen LogP contribution in [0.5, 0.6) is 0 Å². The maximum atomic E-state index is 12.8. The molecule has 31 heavy (non-hydrogen) atoms. The number of carbonyl (C=O) groups is 2. The molecule has 1 saturated heterocycles. The summed E-state index contributed by atoms with van der Waals surface area (Å²) in [6, 6.07) is 3.99. The predicted octanol–water partition coefficient (Wildman–Crippen LogP) is 3.20. The molecular formula is C20H21F3N4O3S. The second-order valence-corrected chi connectivity index (χ2v) is 8.38. The molecule has 1 fully saturated rings. The average molecular weight is 454 g/mol. The Morgan fingerprint density at radius 3 is 2.68 bits per heavy atom. The molecule has 2 N–H and O–H groups in total. The molecule has 2 amide bonds. The topological polar surface area (TPSA) is 85.2 Å². The van der Waals surface area contributed by atoms with Gasteiger partial charge >= 0.3 is 6.18 Å². The predicted molar refractivity (Wildman–Crippen MR) is 109 cm³/mol. The van der Waals surface area contributed by atoms with E-state index in [0.29, 0.717) is 30.5 Å². The van der Waals surface area contributed by atoms with E-state index in [1.54, 1.807) is 11.8 Å². The second kappa shape index (κ2) is 8.91. The molecule has 0 aliphatic carbocycles. The fourth-order valence-corrected chi connectivity index (χ4v) is 4.57. The lowest BCUT2D eigenvalue weighted by Crippen LogP contribution is -2.34. The van der Waals surface area contributed by atoms with Gasteiger partial charge in [0, 0.05) is 35.8 Å². The maximum absolute atomic E-state index is 12.8. The van der Waals surface area contributed by atoms with Gasteiger partial charge < -0.3 is 15.4 Å². The van der Waals surface area contributed by atoms with E-state index in [1.807, 2.05) is 0 Å². The van der Waals surface area contributed by atoms with Crippen LogP contribution in [0, 0.1) is 0 Å². The summed E-state index contributed by atoms with van der Waals surface area (Å²) in [6.45, 7) is 1.04. The van der Waals surface area contributed by atoms with Gasteiger partial charge in [0.2, 0.25) is 5.91 Å². The maximum Gasteiger partial charge on any atom is 0.416 e. The second-order valence-electron chi connectivity index (χ2n) is 7.39. The molecule has 7 nitrogen and oxygen atoms in total. The molecule has 1 atom stereocenters. The third-order valence-corrected chi connectivity index (χ3v) is 6.14. The average Bonchev–Trinajstić information content (AvgIpc) is 3.46. The fourth-order valence-electron chi connectivity index (χ4n) is 3.54. The number of thioether (sulfide) groups is 1. The first-order valence-corrected chi connectivity index (χ1v) is 11.0. The molecule has 1 aromatic carbocycles. The number of hydrogen-bond acceptors (Lipinski definition) is 5. The number of aromatic nitrogens is 2. The highest BCUT2D eigenvalue weighted by Crippen LogP contribution is 2.35. The van der Waals surface area contributed by atoms with E-state index in [9.17, 15) is 22.8 Å². The van der Waals surface area contributed by atoms with Gasteiger partial charge in [-0.1, -0.05) is 0 Å². The first kappa shape index (κ1) is 21.7. The molecule has 166 valence electrons. The number of ether oxygens (including phenoxy) is 1. The SMILES string of the molecule is O=C(Cn1nc2c(c1NC(=O)c1ccc(C(F)(F)F)cc1)CSC2)NC[C@@H]1CCCO1. The molecule has 1 aromatic heterocycles. The number of anilines is 1. The quantitative estimate of drug-likeness (QED) is 0.700. The van der Waals surface area contributed by atoms with Crippen molar-refractivity contribution in [1.82, 2.24) is 15.1 Å². The van der Waals surface area contributed by atoms with E-state index in [0.717, 1.165) is 48.4 Å². The first-order chi connectivity index (χ1) is 14.8. The van der Waals surface area contributed by atoms with Crippen LogP contribution >= 0.6 is 11.8 Å². The van der Waals surface area contributed by atoms with Crippen molar-refractivity contribution in [3.63, 3.8) is 0 Å². The van der Waals surface area contributed by atoms with Crippen molar-refractivity contribution >= 4 is 29.4 Å². The van der Waals surface area contributed by atoms with Gasteiger partial charge in [0.05, 0.1) is 17.4 Å². The lowest BCUT2D eigenvalue weighted by molar-refractivity contribution is -0.137. The van der Waals surface area contributed by atoms with Crippen molar-refractivity contribution in [3.8, 4) is 0 Å². The Morgan fingerprint density at radius 1 is 1.23 bits per heavy atom. The number of carbonyl (C=O) groups excluding carboxylic acids is 2. The molecule has 2 aliphatic rings. The van der Waals surface area contributed by atoms with Gasteiger partial charge in [-0.05, 0) is 37.1 Å². The van der Waals surface area contributed by atoms with Crippen molar-refractivity contribution in [3.05, 3.63) is 46.6 Å². The molecule has 2 aliphatic heterocycles. The Hall–Kier alpha value is -2.53. The third-order valence-electron chi connectivity index (χ3n) is 5.17. The minimum Gasteiger partial charge on any atom is -0.376 e. The van der Waals surface area contributed by atoms with Gasteiger partial charge in [-0.3, -0.25) is 9.59 Å². The van der Waals surface area contributed by atoms with Gasteiger partial charge in [0.25, 0.3) is 5.91 Å². The highest BCUT2D eigenvalue weighted by Gasteiger charge is 2.30. The van der Waals surface area contributed by atoms with Gasteiger partial charge in [-0.15, -0.1) is 0 Å². The van der Waals surface area contributed by atoms with Crippen LogP contribution in [0.1, 0.15) is 40.0 Å². The largest absolute Gasteiger partial charge is 0.416 e. The molecule has 0 radical (unpaired) electrons. The molecule has 11 heteroatoms. The van der Waals surface area contributed by atoms with Crippen molar-refractivity contribution in [1.29, 1.82) is 0 Å². The number of benzene rings is 1. The summed E-state index contributed by atoms with van der Waals surface area (Å²) in [5.41, 5.74) is 0.883. The van der Waals surface area contributed by atoms with Crippen molar-refractivity contribution in [2.75, 3.05) is 18.5 Å². The molecule has 0 saturated carbocycles. The van der Waals surface area contributed by atoms with Gasteiger partial charge in [0.1, 0.15) is 12.4 Å². The normalized spacial score (nSPS) is 18.1. The number of alkyl halides is 3. The van der Waals surface area contributed by atoms with Gasteiger partial charge in [-0.2, -0.15) is 30.0 Å². The molecule has 0 spiro atoms. The summed E-state index contributed by atoms with van der Waals surface area (Å²) >= 11 is 1.64. The Bertz CT molecular complexity index is 969. The zero-order valence-electron chi connectivity index (χ0n) is 16.5. The molecule has 2 aromatic rings. The molecule has 3 heterocycles. The summed E-state index contributed by atoms with van der Waals surface area (Å²) in [4.78, 5) is 25.0. The van der Waals surface area contributed by atoms with Crippen LogP contribution < -0.4 is 10.6 Å². The first-order valence-electron chi connectivity index (χ1n) is 9.84. The van der Waals surface area contributed by atoms with Crippen LogP contribution in [0.3, 0.4) is 0 Å². The minimum atomic E-state index is -4.47.